The molecule has 1 saturated heterocycles. The molecule has 4 rings (SSSR count). The van der Waals surface area contributed by atoms with Crippen molar-refractivity contribution >= 4 is 5.65 Å². The summed E-state index contributed by atoms with van der Waals surface area (Å²) in [6, 6.07) is 8.55. The average Bonchev–Trinajstić information content (AvgIpc) is 3.20. The van der Waals surface area contributed by atoms with Gasteiger partial charge in [-0.15, -0.1) is 0 Å². The van der Waals surface area contributed by atoms with Gasteiger partial charge in [0, 0.05) is 18.8 Å². The van der Waals surface area contributed by atoms with Crippen LogP contribution in [0, 0.1) is 13.8 Å². The van der Waals surface area contributed by atoms with Gasteiger partial charge in [-0.1, -0.05) is 11.2 Å². The molecule has 0 saturated carbocycles. The van der Waals surface area contributed by atoms with Gasteiger partial charge in [-0.05, 0) is 45.4 Å². The van der Waals surface area contributed by atoms with Crippen molar-refractivity contribution in [3.05, 3.63) is 53.3 Å². The van der Waals surface area contributed by atoms with Crippen LogP contribution in [0.2, 0.25) is 0 Å². The molecule has 1 aliphatic rings. The van der Waals surface area contributed by atoms with Crippen LogP contribution in [0.15, 0.2) is 35.0 Å². The van der Waals surface area contributed by atoms with E-state index in [1.54, 1.807) is 0 Å². The molecule has 5 heteroatoms. The minimum Gasteiger partial charge on any atom is -0.361 e. The summed E-state index contributed by atoms with van der Waals surface area (Å²) in [5.74, 6) is 0.882. The molecule has 0 spiro atoms. The van der Waals surface area contributed by atoms with Gasteiger partial charge < -0.3 is 8.92 Å². The minimum absolute atomic E-state index is 0.353. The molecule has 0 bridgehead atoms. The van der Waals surface area contributed by atoms with Gasteiger partial charge in [0.25, 0.3) is 0 Å². The topological polar surface area (TPSA) is 46.6 Å². The number of rotatable bonds is 3. The quantitative estimate of drug-likeness (QED) is 0.744. The Morgan fingerprint density at radius 1 is 1.32 bits per heavy atom. The van der Waals surface area contributed by atoms with E-state index in [1.807, 2.05) is 13.0 Å². The van der Waals surface area contributed by atoms with E-state index in [0.717, 1.165) is 42.3 Å². The molecular formula is C17H20N4O. The van der Waals surface area contributed by atoms with E-state index < -0.39 is 0 Å². The Morgan fingerprint density at radius 3 is 3.05 bits per heavy atom. The Balaban J connectivity index is 1.65. The number of nitrogens with zero attached hydrogens (tertiary/aromatic N) is 4. The molecule has 5 nitrogen and oxygen atoms in total. The second-order valence-electron chi connectivity index (χ2n) is 6.06. The summed E-state index contributed by atoms with van der Waals surface area (Å²) < 4.78 is 7.45. The second kappa shape index (κ2) is 5.25. The van der Waals surface area contributed by atoms with Crippen LogP contribution in [0.25, 0.3) is 5.65 Å². The summed E-state index contributed by atoms with van der Waals surface area (Å²) in [7, 11) is 0. The lowest BCUT2D eigenvalue weighted by Crippen LogP contribution is -2.24. The monoisotopic (exact) mass is 296 g/mol. The van der Waals surface area contributed by atoms with E-state index in [2.05, 4.69) is 50.8 Å². The Labute approximate surface area is 129 Å². The van der Waals surface area contributed by atoms with Gasteiger partial charge in [-0.2, -0.15) is 0 Å². The van der Waals surface area contributed by atoms with Crippen LogP contribution in [0.4, 0.5) is 0 Å². The van der Waals surface area contributed by atoms with Crippen LogP contribution >= 0.6 is 0 Å². The molecule has 1 atom stereocenters. The molecule has 0 amide bonds. The fraction of sp³-hybridized carbons (Fsp3) is 0.412. The van der Waals surface area contributed by atoms with Crippen molar-refractivity contribution in [2.24, 2.45) is 0 Å². The normalized spacial score (nSPS) is 19.3. The molecule has 3 aromatic rings. The molecular weight excluding hydrogens is 276 g/mol. The smallest absolute Gasteiger partial charge is 0.137 e. The SMILES string of the molecule is Cc1cc([C@H]2CCCN2Cc2c(C)nc3ccccn23)no1. The number of aromatic nitrogens is 3. The van der Waals surface area contributed by atoms with Crippen LogP contribution in [-0.2, 0) is 6.54 Å². The molecule has 3 aromatic heterocycles. The minimum atomic E-state index is 0.353. The summed E-state index contributed by atoms with van der Waals surface area (Å²) in [6.07, 6.45) is 4.43. The Hall–Kier alpha value is -2.14. The molecule has 0 N–H and O–H groups in total. The van der Waals surface area contributed by atoms with Crippen molar-refractivity contribution in [3.63, 3.8) is 0 Å². The highest BCUT2D eigenvalue weighted by Gasteiger charge is 2.29. The maximum absolute atomic E-state index is 5.26. The Bertz CT molecular complexity index is 804. The molecule has 1 aliphatic heterocycles. The highest BCUT2D eigenvalue weighted by molar-refractivity contribution is 5.42. The van der Waals surface area contributed by atoms with Crippen molar-refractivity contribution in [1.82, 2.24) is 19.4 Å². The van der Waals surface area contributed by atoms with Gasteiger partial charge in [0.2, 0.25) is 0 Å². The van der Waals surface area contributed by atoms with Crippen LogP contribution in [0.1, 0.15) is 41.7 Å². The number of aryl methyl sites for hydroxylation is 2. The van der Waals surface area contributed by atoms with Gasteiger partial charge in [0.1, 0.15) is 17.1 Å². The van der Waals surface area contributed by atoms with Gasteiger partial charge in [0.05, 0.1) is 17.4 Å². The number of hydrogen-bond acceptors (Lipinski definition) is 4. The molecule has 0 aromatic carbocycles. The van der Waals surface area contributed by atoms with E-state index >= 15 is 0 Å². The first-order valence-electron chi connectivity index (χ1n) is 7.82. The van der Waals surface area contributed by atoms with Gasteiger partial charge >= 0.3 is 0 Å². The number of imidazole rings is 1. The van der Waals surface area contributed by atoms with E-state index in [4.69, 9.17) is 4.52 Å². The van der Waals surface area contributed by atoms with E-state index in [9.17, 15) is 0 Å². The number of pyridine rings is 1. The highest BCUT2D eigenvalue weighted by atomic mass is 16.5. The summed E-state index contributed by atoms with van der Waals surface area (Å²) >= 11 is 0. The lowest BCUT2D eigenvalue weighted by molar-refractivity contribution is 0.233. The Morgan fingerprint density at radius 2 is 2.23 bits per heavy atom. The number of likely N-dealkylation sites (tertiary alicyclic amines) is 1. The number of fused-ring (bicyclic) bond motifs is 1. The zero-order valence-corrected chi connectivity index (χ0v) is 13.0. The third kappa shape index (κ3) is 2.22. The standard InChI is InChI=1S/C17H20N4O/c1-12-10-14(19-22-12)15-6-5-8-20(15)11-16-13(2)18-17-7-3-4-9-21(16)17/h3-4,7,9-10,15H,5-6,8,11H2,1-2H3/t15-/m1/s1. The maximum Gasteiger partial charge on any atom is 0.137 e. The lowest BCUT2D eigenvalue weighted by Gasteiger charge is -2.22. The first kappa shape index (κ1) is 13.5. The first-order chi connectivity index (χ1) is 10.7. The van der Waals surface area contributed by atoms with Gasteiger partial charge in [-0.25, -0.2) is 4.98 Å². The fourth-order valence-electron chi connectivity index (χ4n) is 3.44. The summed E-state index contributed by atoms with van der Waals surface area (Å²) in [6.45, 7) is 6.03. The third-order valence-corrected chi connectivity index (χ3v) is 4.53. The molecule has 114 valence electrons. The van der Waals surface area contributed by atoms with Crippen molar-refractivity contribution in [2.75, 3.05) is 6.54 Å². The molecule has 4 heterocycles. The summed E-state index contributed by atoms with van der Waals surface area (Å²) in [5.41, 5.74) is 4.44. The molecule has 0 radical (unpaired) electrons. The lowest BCUT2D eigenvalue weighted by atomic mass is 10.1. The average molecular weight is 296 g/mol. The van der Waals surface area contributed by atoms with Crippen molar-refractivity contribution in [3.8, 4) is 0 Å². The largest absolute Gasteiger partial charge is 0.361 e. The predicted molar refractivity (Wildman–Crippen MR) is 83.6 cm³/mol. The fourth-order valence-corrected chi connectivity index (χ4v) is 3.44. The van der Waals surface area contributed by atoms with Crippen LogP contribution in [0.5, 0.6) is 0 Å². The van der Waals surface area contributed by atoms with Gasteiger partial charge in [0.15, 0.2) is 0 Å². The van der Waals surface area contributed by atoms with Crippen molar-refractivity contribution in [2.45, 2.75) is 39.3 Å². The predicted octanol–water partition coefficient (Wildman–Crippen LogP) is 3.28. The number of hydrogen-bond donors (Lipinski definition) is 0. The molecule has 0 unspecified atom stereocenters. The molecule has 22 heavy (non-hydrogen) atoms. The highest BCUT2D eigenvalue weighted by Crippen LogP contribution is 2.33. The summed E-state index contributed by atoms with van der Waals surface area (Å²) in [5, 5.41) is 4.22. The van der Waals surface area contributed by atoms with Crippen LogP contribution in [0.3, 0.4) is 0 Å². The molecule has 0 aliphatic carbocycles. The van der Waals surface area contributed by atoms with Crippen molar-refractivity contribution < 1.29 is 4.52 Å². The van der Waals surface area contributed by atoms with Gasteiger partial charge in [-0.3, -0.25) is 4.90 Å². The van der Waals surface area contributed by atoms with Crippen molar-refractivity contribution in [1.29, 1.82) is 0 Å². The second-order valence-corrected chi connectivity index (χ2v) is 6.06. The summed E-state index contributed by atoms with van der Waals surface area (Å²) in [4.78, 5) is 7.15. The zero-order valence-electron chi connectivity index (χ0n) is 13.0. The van der Waals surface area contributed by atoms with Crippen LogP contribution < -0.4 is 0 Å². The van der Waals surface area contributed by atoms with E-state index in [0.29, 0.717) is 6.04 Å². The molecule has 1 fully saturated rings. The maximum atomic E-state index is 5.26. The van der Waals surface area contributed by atoms with E-state index in [1.165, 1.54) is 12.1 Å². The Kier molecular flexibility index (Phi) is 3.22. The van der Waals surface area contributed by atoms with Crippen LogP contribution in [-0.4, -0.2) is 26.0 Å². The van der Waals surface area contributed by atoms with E-state index in [-0.39, 0.29) is 0 Å². The first-order valence-corrected chi connectivity index (χ1v) is 7.82. The zero-order chi connectivity index (χ0) is 15.1. The third-order valence-electron chi connectivity index (χ3n) is 4.53.